The first-order valence-electron chi connectivity index (χ1n) is 8.27. The van der Waals surface area contributed by atoms with Crippen molar-refractivity contribution in [2.24, 2.45) is 0 Å². The van der Waals surface area contributed by atoms with Crippen LogP contribution in [0.4, 0.5) is 0 Å². The second kappa shape index (κ2) is 5.84. The van der Waals surface area contributed by atoms with Gasteiger partial charge in [-0.3, -0.25) is 4.90 Å². The standard InChI is InChI=1S/C19H23NO2S/c1-12-10-14-16-5-4-13-15(11-20(16)9-8-19(14)23-12)18(22-3)7-6-17(13)21-2/h6-7,10,16H,4-5,8-9,11H2,1-3H3/t16-/m0/s1. The fourth-order valence-electron chi connectivity index (χ4n) is 4.15. The number of ether oxygens (including phenoxy) is 2. The molecule has 0 fully saturated rings. The molecule has 1 aromatic carbocycles. The second-order valence-electron chi connectivity index (χ2n) is 6.44. The molecule has 122 valence electrons. The zero-order chi connectivity index (χ0) is 16.0. The third-order valence-corrected chi connectivity index (χ3v) is 6.33. The van der Waals surface area contributed by atoms with Crippen molar-refractivity contribution >= 4 is 11.3 Å². The van der Waals surface area contributed by atoms with Crippen molar-refractivity contribution in [3.05, 3.63) is 44.6 Å². The Labute approximate surface area is 141 Å². The van der Waals surface area contributed by atoms with Crippen LogP contribution in [0.5, 0.6) is 11.5 Å². The molecule has 2 aliphatic rings. The monoisotopic (exact) mass is 329 g/mol. The van der Waals surface area contributed by atoms with Crippen molar-refractivity contribution in [3.8, 4) is 11.5 Å². The van der Waals surface area contributed by atoms with Gasteiger partial charge in [-0.2, -0.15) is 0 Å². The van der Waals surface area contributed by atoms with E-state index in [9.17, 15) is 0 Å². The first kappa shape index (κ1) is 15.0. The van der Waals surface area contributed by atoms with Crippen LogP contribution in [-0.2, 0) is 19.4 Å². The lowest BCUT2D eigenvalue weighted by molar-refractivity contribution is 0.174. The van der Waals surface area contributed by atoms with Gasteiger partial charge < -0.3 is 9.47 Å². The maximum Gasteiger partial charge on any atom is 0.123 e. The van der Waals surface area contributed by atoms with Crippen molar-refractivity contribution < 1.29 is 9.47 Å². The zero-order valence-electron chi connectivity index (χ0n) is 14.0. The van der Waals surface area contributed by atoms with Gasteiger partial charge in [0.05, 0.1) is 14.2 Å². The average molecular weight is 329 g/mol. The summed E-state index contributed by atoms with van der Waals surface area (Å²) in [4.78, 5) is 5.66. The molecule has 0 bridgehead atoms. The molecule has 0 spiro atoms. The summed E-state index contributed by atoms with van der Waals surface area (Å²) in [5, 5.41) is 0. The van der Waals surface area contributed by atoms with E-state index in [0.29, 0.717) is 6.04 Å². The Morgan fingerprint density at radius 1 is 1.09 bits per heavy atom. The smallest absolute Gasteiger partial charge is 0.123 e. The SMILES string of the molecule is COc1ccc(OC)c2c1CC[C@H]1c3cc(C)sc3CCN1C2. The number of fused-ring (bicyclic) bond motifs is 4. The van der Waals surface area contributed by atoms with Gasteiger partial charge in [-0.1, -0.05) is 0 Å². The van der Waals surface area contributed by atoms with Crippen LogP contribution in [0.2, 0.25) is 0 Å². The highest BCUT2D eigenvalue weighted by atomic mass is 32.1. The minimum absolute atomic E-state index is 0.533. The molecule has 4 rings (SSSR count). The van der Waals surface area contributed by atoms with Crippen molar-refractivity contribution in [1.82, 2.24) is 4.90 Å². The van der Waals surface area contributed by atoms with Gasteiger partial charge in [0, 0.05) is 40.0 Å². The summed E-state index contributed by atoms with van der Waals surface area (Å²) < 4.78 is 11.3. The fourth-order valence-corrected chi connectivity index (χ4v) is 5.23. The van der Waals surface area contributed by atoms with Crippen LogP contribution in [0.15, 0.2) is 18.2 Å². The van der Waals surface area contributed by atoms with E-state index in [1.165, 1.54) is 22.4 Å². The number of hydrogen-bond acceptors (Lipinski definition) is 4. The first-order chi connectivity index (χ1) is 11.2. The molecule has 23 heavy (non-hydrogen) atoms. The number of hydrogen-bond donors (Lipinski definition) is 0. The number of rotatable bonds is 2. The van der Waals surface area contributed by atoms with Crippen molar-refractivity contribution in [2.45, 2.75) is 38.8 Å². The summed E-state index contributed by atoms with van der Waals surface area (Å²) in [6.07, 6.45) is 3.37. The molecular formula is C19H23NO2S. The van der Waals surface area contributed by atoms with Crippen molar-refractivity contribution in [1.29, 1.82) is 0 Å². The van der Waals surface area contributed by atoms with E-state index in [0.717, 1.165) is 37.4 Å². The lowest BCUT2D eigenvalue weighted by Crippen LogP contribution is -2.33. The summed E-state index contributed by atoms with van der Waals surface area (Å²) in [5.41, 5.74) is 4.20. The maximum absolute atomic E-state index is 5.64. The normalized spacial score (nSPS) is 20.2. The predicted molar refractivity (Wildman–Crippen MR) is 93.8 cm³/mol. The van der Waals surface area contributed by atoms with E-state index in [1.807, 2.05) is 23.5 Å². The third-order valence-electron chi connectivity index (χ3n) is 5.20. The summed E-state index contributed by atoms with van der Waals surface area (Å²) in [6, 6.07) is 7.02. The van der Waals surface area contributed by atoms with Gasteiger partial charge in [-0.25, -0.2) is 0 Å². The Balaban J connectivity index is 1.76. The Kier molecular flexibility index (Phi) is 3.82. The van der Waals surface area contributed by atoms with Crippen LogP contribution in [0.1, 0.15) is 38.9 Å². The Hall–Kier alpha value is -1.52. The van der Waals surface area contributed by atoms with E-state index < -0.39 is 0 Å². The molecule has 0 saturated carbocycles. The number of nitrogens with zero attached hydrogens (tertiary/aromatic N) is 1. The van der Waals surface area contributed by atoms with Crippen LogP contribution >= 0.6 is 11.3 Å². The Bertz CT molecular complexity index is 737. The molecule has 3 heterocycles. The van der Waals surface area contributed by atoms with E-state index in [-0.39, 0.29) is 0 Å². The summed E-state index contributed by atoms with van der Waals surface area (Å²) in [6.45, 7) is 4.32. The molecule has 0 amide bonds. The summed E-state index contributed by atoms with van der Waals surface area (Å²) in [5.74, 6) is 2.00. The summed E-state index contributed by atoms with van der Waals surface area (Å²) in [7, 11) is 3.53. The Morgan fingerprint density at radius 3 is 2.57 bits per heavy atom. The van der Waals surface area contributed by atoms with E-state index in [1.54, 1.807) is 24.7 Å². The molecule has 3 nitrogen and oxygen atoms in total. The minimum Gasteiger partial charge on any atom is -0.496 e. The molecule has 0 unspecified atom stereocenters. The fraction of sp³-hybridized carbons (Fsp3) is 0.474. The second-order valence-corrected chi connectivity index (χ2v) is 7.78. The number of aryl methyl sites for hydroxylation is 1. The lowest BCUT2D eigenvalue weighted by atomic mass is 9.95. The van der Waals surface area contributed by atoms with Crippen LogP contribution in [-0.4, -0.2) is 25.7 Å². The van der Waals surface area contributed by atoms with Crippen LogP contribution in [0.3, 0.4) is 0 Å². The molecule has 0 aliphatic carbocycles. The molecular weight excluding hydrogens is 306 g/mol. The van der Waals surface area contributed by atoms with Gasteiger partial charge in [-0.15, -0.1) is 11.3 Å². The van der Waals surface area contributed by atoms with Gasteiger partial charge in [0.25, 0.3) is 0 Å². The van der Waals surface area contributed by atoms with Gasteiger partial charge in [0.15, 0.2) is 0 Å². The molecule has 2 aromatic rings. The number of methoxy groups -OCH3 is 2. The zero-order valence-corrected chi connectivity index (χ0v) is 14.8. The lowest BCUT2D eigenvalue weighted by Gasteiger charge is -2.34. The van der Waals surface area contributed by atoms with Crippen molar-refractivity contribution in [3.63, 3.8) is 0 Å². The molecule has 2 aliphatic heterocycles. The molecule has 1 aromatic heterocycles. The van der Waals surface area contributed by atoms with Gasteiger partial charge in [-0.05, 0) is 49.9 Å². The van der Waals surface area contributed by atoms with Crippen LogP contribution in [0, 0.1) is 6.92 Å². The maximum atomic E-state index is 5.64. The Morgan fingerprint density at radius 2 is 1.83 bits per heavy atom. The first-order valence-corrected chi connectivity index (χ1v) is 9.09. The highest BCUT2D eigenvalue weighted by Crippen LogP contribution is 2.43. The topological polar surface area (TPSA) is 21.7 Å². The highest BCUT2D eigenvalue weighted by molar-refractivity contribution is 7.12. The van der Waals surface area contributed by atoms with Crippen molar-refractivity contribution in [2.75, 3.05) is 20.8 Å². The number of benzene rings is 1. The molecule has 4 heteroatoms. The highest BCUT2D eigenvalue weighted by Gasteiger charge is 2.33. The quantitative estimate of drug-likeness (QED) is 0.827. The van der Waals surface area contributed by atoms with Crippen LogP contribution < -0.4 is 9.47 Å². The molecule has 0 saturated heterocycles. The third kappa shape index (κ3) is 2.45. The average Bonchev–Trinajstić information content (AvgIpc) is 2.83. The minimum atomic E-state index is 0.533. The van der Waals surface area contributed by atoms with E-state index in [4.69, 9.17) is 9.47 Å². The number of thiophene rings is 1. The van der Waals surface area contributed by atoms with Gasteiger partial charge in [0.1, 0.15) is 11.5 Å². The predicted octanol–water partition coefficient (Wildman–Crippen LogP) is 4.12. The van der Waals surface area contributed by atoms with Crippen LogP contribution in [0.25, 0.3) is 0 Å². The van der Waals surface area contributed by atoms with Gasteiger partial charge >= 0.3 is 0 Å². The largest absolute Gasteiger partial charge is 0.496 e. The molecule has 0 radical (unpaired) electrons. The summed E-state index contributed by atoms with van der Waals surface area (Å²) >= 11 is 1.98. The molecule has 1 atom stereocenters. The van der Waals surface area contributed by atoms with E-state index >= 15 is 0 Å². The van der Waals surface area contributed by atoms with E-state index in [2.05, 4.69) is 17.9 Å². The van der Waals surface area contributed by atoms with Gasteiger partial charge in [0.2, 0.25) is 0 Å². The molecule has 0 N–H and O–H groups in total.